The lowest BCUT2D eigenvalue weighted by Crippen LogP contribution is -2.34. The number of rotatable bonds is 2. The van der Waals surface area contributed by atoms with Crippen LogP contribution in [0.3, 0.4) is 0 Å². The Kier molecular flexibility index (Phi) is 2.66. The van der Waals surface area contributed by atoms with Crippen molar-refractivity contribution in [1.82, 2.24) is 10.2 Å². The molecule has 0 bridgehead atoms. The Morgan fingerprint density at radius 2 is 1.92 bits per heavy atom. The molecule has 1 unspecified atom stereocenters. The second-order valence-corrected chi connectivity index (χ2v) is 4.21. The molecule has 1 aliphatic heterocycles. The number of nitrogens with zero attached hydrogens (tertiary/aromatic N) is 1. The summed E-state index contributed by atoms with van der Waals surface area (Å²) >= 11 is 0. The van der Waals surface area contributed by atoms with Crippen molar-refractivity contribution < 1.29 is 0 Å². The zero-order chi connectivity index (χ0) is 8.39. The molecule has 2 nitrogen and oxygen atoms in total. The number of nitrogens with one attached hydrogen (secondary N) is 1. The average molecular weight is 168 g/mol. The summed E-state index contributed by atoms with van der Waals surface area (Å²) < 4.78 is 0. The SMILES string of the molecule is CNC1CCN(C2CCCC2)C1. The molecule has 0 amide bonds. The van der Waals surface area contributed by atoms with Gasteiger partial charge in [0.1, 0.15) is 0 Å². The third-order valence-corrected chi connectivity index (χ3v) is 3.47. The highest BCUT2D eigenvalue weighted by Crippen LogP contribution is 2.26. The van der Waals surface area contributed by atoms with E-state index in [0.29, 0.717) is 0 Å². The van der Waals surface area contributed by atoms with Crippen molar-refractivity contribution in [3.8, 4) is 0 Å². The van der Waals surface area contributed by atoms with Crippen LogP contribution in [-0.2, 0) is 0 Å². The first-order valence-corrected chi connectivity index (χ1v) is 5.31. The zero-order valence-electron chi connectivity index (χ0n) is 8.05. The van der Waals surface area contributed by atoms with E-state index in [4.69, 9.17) is 0 Å². The van der Waals surface area contributed by atoms with Gasteiger partial charge in [-0.2, -0.15) is 0 Å². The van der Waals surface area contributed by atoms with Crippen LogP contribution in [0.25, 0.3) is 0 Å². The second-order valence-electron chi connectivity index (χ2n) is 4.21. The molecule has 0 aromatic heterocycles. The summed E-state index contributed by atoms with van der Waals surface area (Å²) in [6.45, 7) is 2.62. The van der Waals surface area contributed by atoms with Gasteiger partial charge in [-0.05, 0) is 26.3 Å². The Labute approximate surface area is 75.3 Å². The van der Waals surface area contributed by atoms with Gasteiger partial charge in [-0.3, -0.25) is 4.90 Å². The van der Waals surface area contributed by atoms with Gasteiger partial charge >= 0.3 is 0 Å². The van der Waals surface area contributed by atoms with Crippen molar-refractivity contribution in [3.63, 3.8) is 0 Å². The van der Waals surface area contributed by atoms with Gasteiger partial charge in [0.15, 0.2) is 0 Å². The molecule has 2 aliphatic rings. The fraction of sp³-hybridized carbons (Fsp3) is 1.00. The molecule has 12 heavy (non-hydrogen) atoms. The van der Waals surface area contributed by atoms with Gasteiger partial charge in [-0.1, -0.05) is 12.8 Å². The molecule has 0 aromatic carbocycles. The topological polar surface area (TPSA) is 15.3 Å². The van der Waals surface area contributed by atoms with Crippen molar-refractivity contribution in [2.45, 2.75) is 44.2 Å². The Morgan fingerprint density at radius 3 is 2.50 bits per heavy atom. The first-order valence-electron chi connectivity index (χ1n) is 5.31. The Hall–Kier alpha value is -0.0800. The lowest BCUT2D eigenvalue weighted by atomic mass is 10.2. The Balaban J connectivity index is 1.81. The molecule has 1 N–H and O–H groups in total. The number of likely N-dealkylation sites (N-methyl/N-ethyl adjacent to an activating group) is 1. The molecule has 2 heteroatoms. The maximum Gasteiger partial charge on any atom is 0.0204 e. The summed E-state index contributed by atoms with van der Waals surface area (Å²) in [4.78, 5) is 2.69. The highest BCUT2D eigenvalue weighted by Gasteiger charge is 2.28. The minimum absolute atomic E-state index is 0.769. The molecular weight excluding hydrogens is 148 g/mol. The second kappa shape index (κ2) is 3.75. The highest BCUT2D eigenvalue weighted by atomic mass is 15.2. The molecule has 1 saturated heterocycles. The Bertz CT molecular complexity index is 141. The molecule has 1 atom stereocenters. The molecule has 0 spiro atoms. The molecule has 2 rings (SSSR count). The summed E-state index contributed by atoms with van der Waals surface area (Å²) in [5.74, 6) is 0. The summed E-state index contributed by atoms with van der Waals surface area (Å²) in [6.07, 6.45) is 7.19. The lowest BCUT2D eigenvalue weighted by Gasteiger charge is -2.23. The molecule has 0 radical (unpaired) electrons. The molecular formula is C10H20N2. The van der Waals surface area contributed by atoms with Crippen molar-refractivity contribution in [3.05, 3.63) is 0 Å². The predicted molar refractivity (Wildman–Crippen MR) is 51.3 cm³/mol. The van der Waals surface area contributed by atoms with Gasteiger partial charge in [-0.15, -0.1) is 0 Å². The summed E-state index contributed by atoms with van der Waals surface area (Å²) in [5, 5.41) is 3.38. The van der Waals surface area contributed by atoms with E-state index in [2.05, 4.69) is 17.3 Å². The standard InChI is InChI=1S/C10H20N2/c1-11-9-6-7-12(8-9)10-4-2-3-5-10/h9-11H,2-8H2,1H3. The molecule has 1 heterocycles. The molecule has 1 aliphatic carbocycles. The lowest BCUT2D eigenvalue weighted by molar-refractivity contribution is 0.241. The van der Waals surface area contributed by atoms with Crippen LogP contribution in [0.5, 0.6) is 0 Å². The molecule has 70 valence electrons. The van der Waals surface area contributed by atoms with E-state index in [1.165, 1.54) is 45.2 Å². The van der Waals surface area contributed by atoms with Gasteiger partial charge in [0.25, 0.3) is 0 Å². The molecule has 1 saturated carbocycles. The van der Waals surface area contributed by atoms with Crippen LogP contribution < -0.4 is 5.32 Å². The normalized spacial score (nSPS) is 33.2. The first-order chi connectivity index (χ1) is 5.90. The number of hydrogen-bond acceptors (Lipinski definition) is 2. The summed E-state index contributed by atoms with van der Waals surface area (Å²) in [7, 11) is 2.09. The largest absolute Gasteiger partial charge is 0.316 e. The van der Waals surface area contributed by atoms with Gasteiger partial charge in [-0.25, -0.2) is 0 Å². The monoisotopic (exact) mass is 168 g/mol. The van der Waals surface area contributed by atoms with Gasteiger partial charge in [0.05, 0.1) is 0 Å². The Morgan fingerprint density at radius 1 is 1.17 bits per heavy atom. The van der Waals surface area contributed by atoms with Crippen LogP contribution in [0.15, 0.2) is 0 Å². The zero-order valence-corrected chi connectivity index (χ0v) is 8.05. The third-order valence-electron chi connectivity index (χ3n) is 3.47. The summed E-state index contributed by atoms with van der Waals surface area (Å²) in [5.41, 5.74) is 0. The quantitative estimate of drug-likeness (QED) is 0.667. The van der Waals surface area contributed by atoms with E-state index in [1.54, 1.807) is 0 Å². The van der Waals surface area contributed by atoms with E-state index < -0.39 is 0 Å². The maximum atomic E-state index is 3.38. The van der Waals surface area contributed by atoms with Crippen molar-refractivity contribution in [2.75, 3.05) is 20.1 Å². The van der Waals surface area contributed by atoms with E-state index in [-0.39, 0.29) is 0 Å². The van der Waals surface area contributed by atoms with Gasteiger partial charge in [0, 0.05) is 25.2 Å². The highest BCUT2D eigenvalue weighted by molar-refractivity contribution is 4.86. The average Bonchev–Trinajstić information content (AvgIpc) is 2.75. The van der Waals surface area contributed by atoms with Crippen LogP contribution in [-0.4, -0.2) is 37.1 Å². The molecule has 0 aromatic rings. The number of likely N-dealkylation sites (tertiary alicyclic amines) is 1. The number of hydrogen-bond donors (Lipinski definition) is 1. The minimum atomic E-state index is 0.769. The van der Waals surface area contributed by atoms with Crippen LogP contribution in [0.4, 0.5) is 0 Å². The third kappa shape index (κ3) is 1.64. The van der Waals surface area contributed by atoms with E-state index in [1.807, 2.05) is 0 Å². The van der Waals surface area contributed by atoms with Crippen molar-refractivity contribution in [2.24, 2.45) is 0 Å². The van der Waals surface area contributed by atoms with Crippen LogP contribution in [0.1, 0.15) is 32.1 Å². The molecule has 2 fully saturated rings. The van der Waals surface area contributed by atoms with E-state index in [9.17, 15) is 0 Å². The fourth-order valence-corrected chi connectivity index (χ4v) is 2.62. The maximum absolute atomic E-state index is 3.38. The van der Waals surface area contributed by atoms with E-state index in [0.717, 1.165) is 12.1 Å². The van der Waals surface area contributed by atoms with Gasteiger partial charge < -0.3 is 5.32 Å². The minimum Gasteiger partial charge on any atom is -0.316 e. The fourth-order valence-electron chi connectivity index (χ4n) is 2.62. The first kappa shape index (κ1) is 8.52. The summed E-state index contributed by atoms with van der Waals surface area (Å²) in [6, 6.07) is 1.70. The van der Waals surface area contributed by atoms with Crippen molar-refractivity contribution in [1.29, 1.82) is 0 Å². The van der Waals surface area contributed by atoms with Gasteiger partial charge in [0.2, 0.25) is 0 Å². The van der Waals surface area contributed by atoms with Crippen LogP contribution >= 0.6 is 0 Å². The predicted octanol–water partition coefficient (Wildman–Crippen LogP) is 1.22. The smallest absolute Gasteiger partial charge is 0.0204 e. The van der Waals surface area contributed by atoms with Crippen LogP contribution in [0, 0.1) is 0 Å². The van der Waals surface area contributed by atoms with Crippen LogP contribution in [0.2, 0.25) is 0 Å². The van der Waals surface area contributed by atoms with Crippen molar-refractivity contribution >= 4 is 0 Å². The van der Waals surface area contributed by atoms with E-state index >= 15 is 0 Å².